The quantitative estimate of drug-likeness (QED) is 0.0205. The minimum atomic E-state index is -4.46. The first-order valence-corrected chi connectivity index (χ1v) is 40.1. The highest BCUT2D eigenvalue weighted by molar-refractivity contribution is 7.47. The molecule has 10 heteroatoms. The van der Waals surface area contributed by atoms with Crippen molar-refractivity contribution >= 4 is 19.7 Å². The van der Waals surface area contributed by atoms with Crippen LogP contribution in [0.15, 0.2) is 60.8 Å². The average molecular weight is 1270 g/mol. The molecule has 0 saturated heterocycles. The number of nitrogens with zero attached hydrogens (tertiary/aromatic N) is 1. The molecule has 0 aromatic rings. The van der Waals surface area contributed by atoms with Gasteiger partial charge < -0.3 is 19.4 Å². The predicted molar refractivity (Wildman–Crippen MR) is 388 cm³/mol. The van der Waals surface area contributed by atoms with E-state index in [2.05, 4.69) is 74.7 Å². The summed E-state index contributed by atoms with van der Waals surface area (Å²) in [5.41, 5.74) is 0. The summed E-state index contributed by atoms with van der Waals surface area (Å²) < 4.78 is 30.9. The Labute approximate surface area is 553 Å². The maximum Gasteiger partial charge on any atom is 0.472 e. The second-order valence-electron chi connectivity index (χ2n) is 27.5. The molecule has 0 aliphatic rings. The fraction of sp³-hybridized carbons (Fsp3) is 0.848. The van der Waals surface area contributed by atoms with Gasteiger partial charge in [-0.15, -0.1) is 0 Å². The van der Waals surface area contributed by atoms with Crippen LogP contribution in [-0.2, 0) is 27.9 Å². The lowest BCUT2D eigenvalue weighted by Gasteiger charge is -2.27. The van der Waals surface area contributed by atoms with Gasteiger partial charge >= 0.3 is 13.8 Å². The Balaban J connectivity index is 4.90. The number of likely N-dealkylation sites (N-methyl/N-ethyl adjacent to an activating group) is 1. The fourth-order valence-electron chi connectivity index (χ4n) is 11.5. The summed E-state index contributed by atoms with van der Waals surface area (Å²) in [7, 11) is 1.51. The van der Waals surface area contributed by atoms with E-state index in [-0.39, 0.29) is 25.1 Å². The van der Waals surface area contributed by atoms with Crippen LogP contribution in [0.25, 0.3) is 0 Å². The number of nitrogens with one attached hydrogen (secondary N) is 1. The topological polar surface area (TPSA) is 111 Å². The highest BCUT2D eigenvalue weighted by atomic mass is 31.2. The fourth-order valence-corrected chi connectivity index (χ4v) is 12.2. The van der Waals surface area contributed by atoms with Gasteiger partial charge in [0.15, 0.2) is 0 Å². The number of rotatable bonds is 71. The number of esters is 1. The summed E-state index contributed by atoms with van der Waals surface area (Å²) in [6.07, 6.45) is 89.7. The first kappa shape index (κ1) is 86.7. The largest absolute Gasteiger partial charge is 0.472 e. The number of unbranched alkanes of at least 4 members (excludes halogenated alkanes) is 47. The molecule has 0 aromatic carbocycles. The van der Waals surface area contributed by atoms with Crippen LogP contribution in [0.1, 0.15) is 380 Å². The smallest absolute Gasteiger partial charge is 0.456 e. The molecule has 1 amide bonds. The van der Waals surface area contributed by atoms with E-state index in [0.29, 0.717) is 23.9 Å². The molecule has 0 spiro atoms. The van der Waals surface area contributed by atoms with E-state index >= 15 is 0 Å². The van der Waals surface area contributed by atoms with E-state index < -0.39 is 20.0 Å². The molecule has 522 valence electrons. The zero-order chi connectivity index (χ0) is 64.9. The van der Waals surface area contributed by atoms with E-state index in [0.717, 1.165) is 70.6 Å². The third-order valence-corrected chi connectivity index (χ3v) is 18.4. The lowest BCUT2D eigenvalue weighted by molar-refractivity contribution is -0.870. The van der Waals surface area contributed by atoms with Crippen molar-refractivity contribution in [2.45, 2.75) is 392 Å². The van der Waals surface area contributed by atoms with E-state index in [4.69, 9.17) is 13.8 Å². The lowest BCUT2D eigenvalue weighted by Crippen LogP contribution is -2.47. The number of hydrogen-bond donors (Lipinski definition) is 2. The van der Waals surface area contributed by atoms with Crippen LogP contribution in [-0.4, -0.2) is 74.3 Å². The van der Waals surface area contributed by atoms with Gasteiger partial charge in [-0.05, 0) is 96.0 Å². The number of phosphoric ester groups is 1. The number of hydrogen-bond acceptors (Lipinski definition) is 6. The van der Waals surface area contributed by atoms with Gasteiger partial charge in [0, 0.05) is 12.8 Å². The Hall–Kier alpha value is -2.29. The molecule has 0 saturated carbocycles. The van der Waals surface area contributed by atoms with Gasteiger partial charge in [0.05, 0.1) is 33.8 Å². The third-order valence-electron chi connectivity index (χ3n) is 17.4. The van der Waals surface area contributed by atoms with Crippen molar-refractivity contribution in [1.29, 1.82) is 0 Å². The Kier molecular flexibility index (Phi) is 66.8. The standard InChI is InChI=1S/C79H149N2O7P/c1-7-10-13-16-19-22-25-27-29-31-33-35-37-39-40-42-43-45-47-49-51-53-56-59-62-65-68-71-78(82)80-76(75-87-89(84,85)86-74-73-81(4,5)6)77(70-67-64-61-58-55-24-21-18-15-12-9-3)88-79(83)72-69-66-63-60-57-54-52-50-48-46-44-41-38-36-34-32-30-28-26-23-20-17-14-11-8-2/h20,23,27-30,34,36,67,70,76-77H,7-19,21-22,24-26,31-33,35,37-66,68-69,71-75H2,1-6H3,(H-,80,82,84,85)/p+1/b23-20-,29-27+,30-28-,36-34-,70-67+. The van der Waals surface area contributed by atoms with Crippen LogP contribution in [0.5, 0.6) is 0 Å². The summed E-state index contributed by atoms with van der Waals surface area (Å²) in [6, 6.07) is -0.849. The molecule has 0 rings (SSSR count). The monoisotopic (exact) mass is 1270 g/mol. The van der Waals surface area contributed by atoms with Crippen LogP contribution >= 0.6 is 7.82 Å². The molecule has 0 heterocycles. The van der Waals surface area contributed by atoms with Crippen molar-refractivity contribution in [2.75, 3.05) is 40.9 Å². The maximum absolute atomic E-state index is 13.6. The number of carbonyl (C=O) groups excluding carboxylic acids is 2. The van der Waals surface area contributed by atoms with Gasteiger partial charge in [-0.2, -0.15) is 0 Å². The summed E-state index contributed by atoms with van der Waals surface area (Å²) >= 11 is 0. The molecule has 3 atom stereocenters. The van der Waals surface area contributed by atoms with Gasteiger partial charge in [-0.1, -0.05) is 332 Å². The van der Waals surface area contributed by atoms with Crippen molar-refractivity contribution in [3.8, 4) is 0 Å². The molecule has 0 aliphatic heterocycles. The lowest BCUT2D eigenvalue weighted by atomic mass is 10.0. The van der Waals surface area contributed by atoms with Gasteiger partial charge in [0.1, 0.15) is 19.3 Å². The summed E-state index contributed by atoms with van der Waals surface area (Å²) in [6.45, 7) is 7.03. The minimum absolute atomic E-state index is 0.0409. The van der Waals surface area contributed by atoms with Gasteiger partial charge in [-0.3, -0.25) is 18.6 Å². The molecule has 9 nitrogen and oxygen atoms in total. The molecule has 2 N–H and O–H groups in total. The van der Waals surface area contributed by atoms with Gasteiger partial charge in [-0.25, -0.2) is 4.57 Å². The van der Waals surface area contributed by atoms with E-state index in [9.17, 15) is 19.0 Å². The number of ether oxygens (including phenoxy) is 1. The molecular formula is C79H150N2O7P+. The van der Waals surface area contributed by atoms with E-state index in [1.165, 1.54) is 276 Å². The number of carbonyl (C=O) groups is 2. The Morgan fingerprint density at radius 3 is 1.06 bits per heavy atom. The van der Waals surface area contributed by atoms with Crippen LogP contribution in [0.3, 0.4) is 0 Å². The van der Waals surface area contributed by atoms with Crippen LogP contribution in [0, 0.1) is 0 Å². The zero-order valence-electron chi connectivity index (χ0n) is 59.9. The molecule has 3 unspecified atom stereocenters. The SMILES string of the molecule is CCCCC/C=C\C/C=C\C/C=C\CCCCCCCCCCCCCCC(=O)OC(/C=C/CCCCCCCCCCC)C(COP(=O)(O)OCC[N+](C)(C)C)NC(=O)CCCCCCCCCCCCCCCCCCC/C=C/CCCCCCCC. The van der Waals surface area contributed by atoms with Crippen molar-refractivity contribution < 1.29 is 37.3 Å². The Morgan fingerprint density at radius 2 is 0.685 bits per heavy atom. The normalized spacial score (nSPS) is 13.7. The van der Waals surface area contributed by atoms with E-state index in [1.807, 2.05) is 33.3 Å². The van der Waals surface area contributed by atoms with Gasteiger partial charge in [0.25, 0.3) is 0 Å². The number of phosphoric acid groups is 1. The molecule has 0 aliphatic carbocycles. The van der Waals surface area contributed by atoms with Crippen molar-refractivity contribution in [3.05, 3.63) is 60.8 Å². The van der Waals surface area contributed by atoms with Crippen molar-refractivity contribution in [2.24, 2.45) is 0 Å². The van der Waals surface area contributed by atoms with Crippen molar-refractivity contribution in [3.63, 3.8) is 0 Å². The minimum Gasteiger partial charge on any atom is -0.456 e. The summed E-state index contributed by atoms with van der Waals surface area (Å²) in [5.74, 6) is -0.491. The Morgan fingerprint density at radius 1 is 0.393 bits per heavy atom. The highest BCUT2D eigenvalue weighted by Gasteiger charge is 2.30. The summed E-state index contributed by atoms with van der Waals surface area (Å²) in [4.78, 5) is 38.0. The highest BCUT2D eigenvalue weighted by Crippen LogP contribution is 2.43. The maximum atomic E-state index is 13.6. The zero-order valence-corrected chi connectivity index (χ0v) is 60.8. The number of amides is 1. The molecule has 0 aromatic heterocycles. The molecular weight excluding hydrogens is 1120 g/mol. The van der Waals surface area contributed by atoms with Crippen LogP contribution < -0.4 is 5.32 Å². The van der Waals surface area contributed by atoms with Crippen molar-refractivity contribution in [1.82, 2.24) is 5.32 Å². The Bertz CT molecular complexity index is 1700. The molecule has 0 radical (unpaired) electrons. The average Bonchev–Trinajstić information content (AvgIpc) is 3.64. The summed E-state index contributed by atoms with van der Waals surface area (Å²) in [5, 5.41) is 3.08. The van der Waals surface area contributed by atoms with E-state index in [1.54, 1.807) is 0 Å². The molecule has 89 heavy (non-hydrogen) atoms. The van der Waals surface area contributed by atoms with Crippen LogP contribution in [0.2, 0.25) is 0 Å². The number of quaternary nitrogens is 1. The molecule has 0 fully saturated rings. The predicted octanol–water partition coefficient (Wildman–Crippen LogP) is 24.9. The second-order valence-corrected chi connectivity index (χ2v) is 29.0. The van der Waals surface area contributed by atoms with Crippen LogP contribution in [0.4, 0.5) is 0 Å². The van der Waals surface area contributed by atoms with Gasteiger partial charge in [0.2, 0.25) is 5.91 Å². The number of allylic oxidation sites excluding steroid dienone is 9. The first-order valence-electron chi connectivity index (χ1n) is 38.6. The second kappa shape index (κ2) is 68.6. The first-order chi connectivity index (χ1) is 43.4. The molecule has 0 bridgehead atoms. The third kappa shape index (κ3) is 69.9.